The number of nitrogens with one attached hydrogen (secondary N) is 4. The van der Waals surface area contributed by atoms with Crippen LogP contribution in [-0.4, -0.2) is 65.3 Å². The van der Waals surface area contributed by atoms with E-state index < -0.39 is 53.8 Å². The normalized spacial score (nSPS) is 29.6. The summed E-state index contributed by atoms with van der Waals surface area (Å²) in [4.78, 5) is 65.2. The van der Waals surface area contributed by atoms with Crippen molar-refractivity contribution in [3.63, 3.8) is 0 Å². The molecule has 1 saturated heterocycles. The van der Waals surface area contributed by atoms with Crippen molar-refractivity contribution < 1.29 is 28.7 Å². The van der Waals surface area contributed by atoms with Gasteiger partial charge in [0.15, 0.2) is 0 Å². The molecule has 0 saturated carbocycles. The van der Waals surface area contributed by atoms with Gasteiger partial charge in [0.1, 0.15) is 29.9 Å². The van der Waals surface area contributed by atoms with Gasteiger partial charge in [-0.25, -0.2) is 4.79 Å². The van der Waals surface area contributed by atoms with Crippen LogP contribution in [0.2, 0.25) is 0 Å². The summed E-state index contributed by atoms with van der Waals surface area (Å²) in [5, 5.41) is 10.7. The Morgan fingerprint density at radius 1 is 0.944 bits per heavy atom. The van der Waals surface area contributed by atoms with Gasteiger partial charge >= 0.3 is 5.97 Å². The summed E-state index contributed by atoms with van der Waals surface area (Å²) in [5.74, 6) is -2.54. The first-order valence-electron chi connectivity index (χ1n) is 12.0. The lowest BCUT2D eigenvalue weighted by molar-refractivity contribution is -0.153. The summed E-state index contributed by atoms with van der Waals surface area (Å²) in [5.41, 5.74) is -0.0445. The van der Waals surface area contributed by atoms with Gasteiger partial charge in [0, 0.05) is 11.5 Å². The Balaban J connectivity index is 2.55. The van der Waals surface area contributed by atoms with Crippen molar-refractivity contribution in [3.8, 4) is 0 Å². The fourth-order valence-corrected chi connectivity index (χ4v) is 5.66. The van der Waals surface area contributed by atoms with Gasteiger partial charge in [0.05, 0.1) is 6.42 Å². The van der Waals surface area contributed by atoms with Gasteiger partial charge in [0.2, 0.25) is 17.7 Å². The quantitative estimate of drug-likeness (QED) is 0.178. The monoisotopic (exact) mass is 540 g/mol. The highest BCUT2D eigenvalue weighted by Gasteiger charge is 2.33. The van der Waals surface area contributed by atoms with Gasteiger partial charge in [-0.15, -0.1) is 0 Å². The van der Waals surface area contributed by atoms with Gasteiger partial charge in [-0.1, -0.05) is 61.4 Å². The number of esters is 1. The standard InChI is InChI=1S/C24H36N4O6S2/c1-6-16-21(30)28-20(14(4)5)24(33)34-15-9-7-8-10-35-36-12-17(22(31)25-16)26-23(32)19(13(2)3)27-18(29)11-15/h6-7,9,13-15,17,19-20H,8,10-12H2,1-5H3,(H,25,31)(H,26,32)(H,27,29)(H,28,30)/b9-7+,16-6-/t15-,17?,19?,20+/m1/s1. The van der Waals surface area contributed by atoms with Gasteiger partial charge in [0.25, 0.3) is 5.91 Å². The SMILES string of the molecule is C/C=C1\NC(=O)C2CSSCC/C=C/[C@H](CC(=O)NC(C(C)C)C(=O)N2)OC(=O)[C@H](C(C)C)NC1=O. The van der Waals surface area contributed by atoms with Crippen LogP contribution >= 0.6 is 21.6 Å². The highest BCUT2D eigenvalue weighted by molar-refractivity contribution is 8.76. The minimum Gasteiger partial charge on any atom is -0.456 e. The van der Waals surface area contributed by atoms with E-state index in [0.717, 1.165) is 0 Å². The van der Waals surface area contributed by atoms with Crippen molar-refractivity contribution >= 4 is 51.2 Å². The second-order valence-electron chi connectivity index (χ2n) is 9.24. The predicted molar refractivity (Wildman–Crippen MR) is 141 cm³/mol. The van der Waals surface area contributed by atoms with Crippen LogP contribution < -0.4 is 21.3 Å². The molecule has 2 heterocycles. The Hall–Kier alpha value is -2.47. The molecule has 36 heavy (non-hydrogen) atoms. The molecule has 1 fully saturated rings. The molecule has 4 N–H and O–H groups in total. The first kappa shape index (κ1) is 29.8. The molecular weight excluding hydrogens is 504 g/mol. The maximum Gasteiger partial charge on any atom is 0.329 e. The van der Waals surface area contributed by atoms with E-state index in [9.17, 15) is 24.0 Å². The van der Waals surface area contributed by atoms with Crippen molar-refractivity contribution in [1.82, 2.24) is 21.3 Å². The van der Waals surface area contributed by atoms with Crippen LogP contribution in [-0.2, 0) is 28.7 Å². The van der Waals surface area contributed by atoms with Crippen molar-refractivity contribution in [2.45, 2.75) is 71.7 Å². The van der Waals surface area contributed by atoms with Crippen molar-refractivity contribution in [2.24, 2.45) is 11.8 Å². The number of amides is 4. The number of fused-ring (bicyclic) bond motifs is 7. The number of rotatable bonds is 2. The Morgan fingerprint density at radius 3 is 2.28 bits per heavy atom. The van der Waals surface area contributed by atoms with Crippen LogP contribution in [0.3, 0.4) is 0 Å². The second-order valence-corrected chi connectivity index (χ2v) is 11.9. The summed E-state index contributed by atoms with van der Waals surface area (Å²) in [7, 11) is 2.95. The zero-order valence-electron chi connectivity index (χ0n) is 21.3. The maximum atomic E-state index is 13.2. The zero-order valence-corrected chi connectivity index (χ0v) is 22.9. The summed E-state index contributed by atoms with van der Waals surface area (Å²) in [6.07, 6.45) is 4.51. The highest BCUT2D eigenvalue weighted by atomic mass is 33.1. The average molecular weight is 541 g/mol. The molecule has 10 nitrogen and oxygen atoms in total. The third-order valence-corrected chi connectivity index (χ3v) is 8.03. The lowest BCUT2D eigenvalue weighted by atomic mass is 10.0. The molecule has 2 bridgehead atoms. The third-order valence-electron chi connectivity index (χ3n) is 5.59. The lowest BCUT2D eigenvalue weighted by Crippen LogP contribution is -2.57. The topological polar surface area (TPSA) is 143 Å². The summed E-state index contributed by atoms with van der Waals surface area (Å²) in [6, 6.07) is -2.86. The molecule has 0 aromatic heterocycles. The van der Waals surface area contributed by atoms with E-state index in [-0.39, 0.29) is 29.7 Å². The molecule has 0 radical (unpaired) electrons. The van der Waals surface area contributed by atoms with Gasteiger partial charge in [-0.3, -0.25) is 19.2 Å². The van der Waals surface area contributed by atoms with E-state index in [1.165, 1.54) is 27.7 Å². The van der Waals surface area contributed by atoms with Crippen LogP contribution in [0.5, 0.6) is 0 Å². The molecule has 12 heteroatoms. The molecule has 0 spiro atoms. The van der Waals surface area contributed by atoms with E-state index >= 15 is 0 Å². The zero-order chi connectivity index (χ0) is 26.8. The van der Waals surface area contributed by atoms with Crippen LogP contribution in [0, 0.1) is 11.8 Å². The minimum absolute atomic E-state index is 0.0445. The van der Waals surface area contributed by atoms with Gasteiger partial charge in [-0.2, -0.15) is 0 Å². The van der Waals surface area contributed by atoms with Gasteiger partial charge in [-0.05, 0) is 31.3 Å². The first-order valence-corrected chi connectivity index (χ1v) is 14.5. The number of allylic oxidation sites excluding steroid dienone is 2. The van der Waals surface area contributed by atoms with Crippen molar-refractivity contribution in [3.05, 3.63) is 23.9 Å². The summed E-state index contributed by atoms with van der Waals surface area (Å²) < 4.78 is 5.65. The molecule has 2 aliphatic rings. The second kappa shape index (κ2) is 14.3. The number of carbonyl (C=O) groups excluding carboxylic acids is 5. The van der Waals surface area contributed by atoms with Crippen LogP contribution in [0.4, 0.5) is 0 Å². The molecule has 4 atom stereocenters. The number of hydrogen-bond donors (Lipinski definition) is 4. The molecule has 2 unspecified atom stereocenters. The minimum atomic E-state index is -1.00. The van der Waals surface area contributed by atoms with Crippen molar-refractivity contribution in [2.75, 3.05) is 11.5 Å². The molecule has 4 amide bonds. The van der Waals surface area contributed by atoms with Crippen LogP contribution in [0.1, 0.15) is 47.5 Å². The van der Waals surface area contributed by atoms with E-state index in [1.807, 2.05) is 6.08 Å². The van der Waals surface area contributed by atoms with E-state index in [2.05, 4.69) is 21.3 Å². The Bertz CT molecular complexity index is 905. The first-order chi connectivity index (χ1) is 17.0. The van der Waals surface area contributed by atoms with E-state index in [0.29, 0.717) is 12.2 Å². The largest absolute Gasteiger partial charge is 0.456 e. The Labute approximate surface area is 220 Å². The van der Waals surface area contributed by atoms with Gasteiger partial charge < -0.3 is 26.0 Å². The number of ether oxygens (including phenoxy) is 1. The Morgan fingerprint density at radius 2 is 1.64 bits per heavy atom. The molecule has 200 valence electrons. The third kappa shape index (κ3) is 8.88. The maximum absolute atomic E-state index is 13.2. The molecular formula is C24H36N4O6S2. The number of hydrogen-bond acceptors (Lipinski definition) is 8. The molecule has 0 aromatic rings. The van der Waals surface area contributed by atoms with Crippen LogP contribution in [0.15, 0.2) is 23.9 Å². The van der Waals surface area contributed by atoms with Crippen molar-refractivity contribution in [1.29, 1.82) is 0 Å². The lowest BCUT2D eigenvalue weighted by Gasteiger charge is -2.27. The summed E-state index contributed by atoms with van der Waals surface area (Å²) >= 11 is 0. The average Bonchev–Trinajstić information content (AvgIpc) is 2.81. The molecule has 2 rings (SSSR count). The van der Waals surface area contributed by atoms with E-state index in [1.54, 1.807) is 40.7 Å². The fraction of sp³-hybridized carbons (Fsp3) is 0.625. The smallest absolute Gasteiger partial charge is 0.329 e. The number of carbonyl (C=O) groups is 5. The molecule has 0 aliphatic carbocycles. The fourth-order valence-electron chi connectivity index (χ4n) is 3.50. The predicted octanol–water partition coefficient (Wildman–Crippen LogP) is 1.43. The summed E-state index contributed by atoms with van der Waals surface area (Å²) in [6.45, 7) is 8.66. The molecule has 2 aliphatic heterocycles. The Kier molecular flexibility index (Phi) is 11.8. The highest BCUT2D eigenvalue weighted by Crippen LogP contribution is 2.24. The van der Waals surface area contributed by atoms with Crippen LogP contribution in [0.25, 0.3) is 0 Å². The van der Waals surface area contributed by atoms with E-state index in [4.69, 9.17) is 4.74 Å². The molecule has 0 aromatic carbocycles.